The smallest absolute Gasteiger partial charge is 0.320 e. The topological polar surface area (TPSA) is 62.2 Å². The van der Waals surface area contributed by atoms with Crippen molar-refractivity contribution < 1.29 is 14.3 Å². The van der Waals surface area contributed by atoms with Gasteiger partial charge in [-0.3, -0.25) is 15.1 Å². The number of nitrogens with zero attached hydrogens (tertiary/aromatic N) is 1. The second-order valence-corrected chi connectivity index (χ2v) is 3.59. The summed E-state index contributed by atoms with van der Waals surface area (Å²) in [6, 6.07) is 2.32. The van der Waals surface area contributed by atoms with Crippen LogP contribution in [0.15, 0.2) is 18.3 Å². The lowest BCUT2D eigenvalue weighted by molar-refractivity contribution is -0.139. The largest absolute Gasteiger partial charge is 0.480 e. The number of pyridine rings is 1. The van der Waals surface area contributed by atoms with E-state index in [0.717, 1.165) is 12.6 Å². The van der Waals surface area contributed by atoms with Gasteiger partial charge in [-0.2, -0.15) is 0 Å². The highest BCUT2D eigenvalue weighted by Gasteiger charge is 2.30. The van der Waals surface area contributed by atoms with Crippen molar-refractivity contribution in [2.75, 3.05) is 0 Å². The van der Waals surface area contributed by atoms with Gasteiger partial charge in [0, 0.05) is 0 Å². The molecule has 2 rings (SSSR count). The molecular formula is C10H11FN2O2. The number of carboxylic acid groups (broad SMARTS) is 1. The van der Waals surface area contributed by atoms with Crippen molar-refractivity contribution in [3.8, 4) is 0 Å². The van der Waals surface area contributed by atoms with Crippen molar-refractivity contribution in [1.82, 2.24) is 10.3 Å². The maximum absolute atomic E-state index is 12.6. The summed E-state index contributed by atoms with van der Waals surface area (Å²) in [5, 5.41) is 11.7. The Labute approximate surface area is 86.1 Å². The summed E-state index contributed by atoms with van der Waals surface area (Å²) in [4.78, 5) is 14.6. The van der Waals surface area contributed by atoms with Crippen LogP contribution in [-0.4, -0.2) is 22.1 Å². The number of carbonyl (C=O) groups is 1. The third-order valence-electron chi connectivity index (χ3n) is 2.55. The number of aromatic nitrogens is 1. The molecule has 1 saturated heterocycles. The second kappa shape index (κ2) is 3.94. The molecule has 0 unspecified atom stereocenters. The van der Waals surface area contributed by atoms with Crippen LogP contribution in [-0.2, 0) is 4.79 Å². The Bertz CT molecular complexity index is 366. The van der Waals surface area contributed by atoms with Crippen LogP contribution >= 0.6 is 0 Å². The lowest BCUT2D eigenvalue weighted by atomic mass is 10.1. The molecule has 4 nitrogen and oxygen atoms in total. The fraction of sp³-hybridized carbons (Fsp3) is 0.400. The van der Waals surface area contributed by atoms with E-state index in [-0.39, 0.29) is 11.9 Å². The van der Waals surface area contributed by atoms with Crippen molar-refractivity contribution in [3.63, 3.8) is 0 Å². The predicted molar refractivity (Wildman–Crippen MR) is 50.7 cm³/mol. The highest BCUT2D eigenvalue weighted by molar-refractivity contribution is 5.73. The number of hydrogen-bond donors (Lipinski definition) is 2. The molecule has 2 atom stereocenters. The summed E-state index contributed by atoms with van der Waals surface area (Å²) in [5.74, 6) is -1.23. The summed E-state index contributed by atoms with van der Waals surface area (Å²) >= 11 is 0. The van der Waals surface area contributed by atoms with Crippen molar-refractivity contribution in [2.45, 2.75) is 24.9 Å². The lowest BCUT2D eigenvalue weighted by Gasteiger charge is -2.10. The Hall–Kier alpha value is -1.49. The first-order chi connectivity index (χ1) is 7.16. The molecule has 1 aliphatic heterocycles. The molecule has 15 heavy (non-hydrogen) atoms. The van der Waals surface area contributed by atoms with E-state index in [1.165, 1.54) is 6.07 Å². The zero-order valence-electron chi connectivity index (χ0n) is 7.98. The number of aliphatic carboxylic acids is 1. The minimum Gasteiger partial charge on any atom is -0.480 e. The Morgan fingerprint density at radius 1 is 1.53 bits per heavy atom. The van der Waals surface area contributed by atoms with Gasteiger partial charge in [-0.15, -0.1) is 0 Å². The summed E-state index contributed by atoms with van der Waals surface area (Å²) in [6.07, 6.45) is 2.44. The van der Waals surface area contributed by atoms with E-state index < -0.39 is 12.0 Å². The van der Waals surface area contributed by atoms with Gasteiger partial charge < -0.3 is 5.11 Å². The number of halogens is 1. The maximum Gasteiger partial charge on any atom is 0.320 e. The Kier molecular flexibility index (Phi) is 2.64. The number of nitrogens with one attached hydrogen (secondary N) is 1. The molecule has 0 bridgehead atoms. The summed E-state index contributed by atoms with van der Waals surface area (Å²) in [7, 11) is 0. The molecule has 0 spiro atoms. The quantitative estimate of drug-likeness (QED) is 0.767. The Morgan fingerprint density at radius 3 is 2.87 bits per heavy atom. The van der Waals surface area contributed by atoms with Gasteiger partial charge in [-0.1, -0.05) is 0 Å². The van der Waals surface area contributed by atoms with E-state index in [2.05, 4.69) is 10.3 Å². The third-order valence-corrected chi connectivity index (χ3v) is 2.55. The molecule has 0 amide bonds. The molecule has 5 heteroatoms. The Morgan fingerprint density at radius 2 is 2.33 bits per heavy atom. The second-order valence-electron chi connectivity index (χ2n) is 3.59. The predicted octanol–water partition coefficient (Wildman–Crippen LogP) is 1.10. The Balaban J connectivity index is 2.07. The van der Waals surface area contributed by atoms with Gasteiger partial charge in [0.25, 0.3) is 0 Å². The lowest BCUT2D eigenvalue weighted by Crippen LogP contribution is -2.32. The van der Waals surface area contributed by atoms with Crippen LogP contribution in [0.5, 0.6) is 0 Å². The van der Waals surface area contributed by atoms with Crippen LogP contribution in [0.3, 0.4) is 0 Å². The highest BCUT2D eigenvalue weighted by atomic mass is 19.1. The first kappa shape index (κ1) is 10.0. The molecular weight excluding hydrogens is 199 g/mol. The first-order valence-electron chi connectivity index (χ1n) is 4.77. The average Bonchev–Trinajstić information content (AvgIpc) is 2.68. The number of hydrogen-bond acceptors (Lipinski definition) is 3. The van der Waals surface area contributed by atoms with Crippen LogP contribution in [0.4, 0.5) is 4.39 Å². The maximum atomic E-state index is 12.6. The zero-order chi connectivity index (χ0) is 10.8. The molecule has 0 radical (unpaired) electrons. The van der Waals surface area contributed by atoms with Gasteiger partial charge in [0.05, 0.1) is 17.9 Å². The summed E-state index contributed by atoms with van der Waals surface area (Å²) in [6.45, 7) is 0. The minimum atomic E-state index is -0.848. The van der Waals surface area contributed by atoms with Gasteiger partial charge in [-0.25, -0.2) is 4.39 Å². The van der Waals surface area contributed by atoms with E-state index in [0.29, 0.717) is 12.1 Å². The third kappa shape index (κ3) is 2.12. The van der Waals surface area contributed by atoms with Crippen LogP contribution < -0.4 is 5.32 Å². The number of rotatable bonds is 2. The minimum absolute atomic E-state index is 0.0771. The van der Waals surface area contributed by atoms with E-state index in [4.69, 9.17) is 5.11 Å². The van der Waals surface area contributed by atoms with Crippen LogP contribution in [0, 0.1) is 5.82 Å². The van der Waals surface area contributed by atoms with Crippen molar-refractivity contribution >= 4 is 5.97 Å². The molecule has 2 N–H and O–H groups in total. The standard InChI is InChI=1S/C10H11FN2O2/c11-6-1-2-7(12-5-6)8-3-4-9(13-8)10(14)15/h1-2,5,8-9,13H,3-4H2,(H,14,15)/t8-,9-/m0/s1. The van der Waals surface area contributed by atoms with E-state index in [1.54, 1.807) is 6.07 Å². The van der Waals surface area contributed by atoms with Crippen molar-refractivity contribution in [3.05, 3.63) is 29.8 Å². The fourth-order valence-electron chi connectivity index (χ4n) is 1.76. The van der Waals surface area contributed by atoms with E-state index in [9.17, 15) is 9.18 Å². The molecule has 1 aromatic heterocycles. The molecule has 80 valence electrons. The van der Waals surface area contributed by atoms with Gasteiger partial charge in [0.1, 0.15) is 11.9 Å². The van der Waals surface area contributed by atoms with Gasteiger partial charge in [0.2, 0.25) is 0 Å². The number of carboxylic acids is 1. The molecule has 0 saturated carbocycles. The van der Waals surface area contributed by atoms with Crippen LogP contribution in [0.2, 0.25) is 0 Å². The summed E-state index contributed by atoms with van der Waals surface area (Å²) < 4.78 is 12.6. The van der Waals surface area contributed by atoms with Crippen LogP contribution in [0.25, 0.3) is 0 Å². The molecule has 0 aliphatic carbocycles. The normalized spacial score (nSPS) is 25.4. The van der Waals surface area contributed by atoms with Gasteiger partial charge in [0.15, 0.2) is 0 Å². The average molecular weight is 210 g/mol. The summed E-state index contributed by atoms with van der Waals surface area (Å²) in [5.41, 5.74) is 0.695. The van der Waals surface area contributed by atoms with Crippen LogP contribution in [0.1, 0.15) is 24.6 Å². The van der Waals surface area contributed by atoms with E-state index in [1.807, 2.05) is 0 Å². The zero-order valence-corrected chi connectivity index (χ0v) is 7.98. The first-order valence-corrected chi connectivity index (χ1v) is 4.77. The molecule has 1 aliphatic rings. The molecule has 0 aromatic carbocycles. The molecule has 1 aromatic rings. The van der Waals surface area contributed by atoms with Gasteiger partial charge in [-0.05, 0) is 25.0 Å². The van der Waals surface area contributed by atoms with Gasteiger partial charge >= 0.3 is 5.97 Å². The van der Waals surface area contributed by atoms with E-state index >= 15 is 0 Å². The van der Waals surface area contributed by atoms with Crippen molar-refractivity contribution in [1.29, 1.82) is 0 Å². The highest BCUT2D eigenvalue weighted by Crippen LogP contribution is 2.24. The molecule has 1 fully saturated rings. The molecule has 2 heterocycles. The SMILES string of the molecule is O=C(O)[C@@H]1CC[C@@H](c2ccc(F)cn2)N1. The van der Waals surface area contributed by atoms with Crippen molar-refractivity contribution in [2.24, 2.45) is 0 Å². The monoisotopic (exact) mass is 210 g/mol. The fourth-order valence-corrected chi connectivity index (χ4v) is 1.76.